The first kappa shape index (κ1) is 11.3. The predicted molar refractivity (Wildman–Crippen MR) is 77.1 cm³/mol. The number of benzene rings is 2. The summed E-state index contributed by atoms with van der Waals surface area (Å²) >= 11 is 0. The Labute approximate surface area is 107 Å². The van der Waals surface area contributed by atoms with Gasteiger partial charge < -0.3 is 4.98 Å². The minimum absolute atomic E-state index is 0.565. The lowest BCUT2D eigenvalue weighted by atomic mass is 9.99. The number of rotatable bonds is 2. The fourth-order valence-electron chi connectivity index (χ4n) is 2.40. The van der Waals surface area contributed by atoms with Crippen LogP contribution in [0.2, 0.25) is 0 Å². The number of aromatic nitrogens is 2. The zero-order valence-corrected chi connectivity index (χ0v) is 11.1. The minimum Gasteiger partial charge on any atom is -0.342 e. The molecule has 0 aliphatic heterocycles. The van der Waals surface area contributed by atoms with Crippen molar-refractivity contribution in [1.82, 2.24) is 9.97 Å². The van der Waals surface area contributed by atoms with Crippen LogP contribution in [0.5, 0.6) is 0 Å². The normalized spacial score (nSPS) is 11.8. The monoisotopic (exact) mass is 238 g/mol. The number of nitrogens with one attached hydrogen (secondary N) is 1. The molecule has 0 atom stereocenters. The van der Waals surface area contributed by atoms with E-state index >= 15 is 0 Å². The molecule has 2 nitrogen and oxygen atoms in total. The molecular weight excluding hydrogens is 220 g/mol. The van der Waals surface area contributed by atoms with Crippen LogP contribution < -0.4 is 0 Å². The van der Waals surface area contributed by atoms with Crippen molar-refractivity contribution in [2.75, 3.05) is 0 Å². The summed E-state index contributed by atoms with van der Waals surface area (Å²) in [5.41, 5.74) is 3.62. The SMILES string of the molecule is CCc1nc2c(ccc3cc(C(C)C)ccc32)[nH]1. The van der Waals surface area contributed by atoms with E-state index in [0.29, 0.717) is 5.92 Å². The van der Waals surface area contributed by atoms with Gasteiger partial charge >= 0.3 is 0 Å². The summed E-state index contributed by atoms with van der Waals surface area (Å²) in [6.45, 7) is 6.57. The van der Waals surface area contributed by atoms with Crippen LogP contribution in [0.25, 0.3) is 21.8 Å². The summed E-state index contributed by atoms with van der Waals surface area (Å²) in [7, 11) is 0. The number of hydrogen-bond acceptors (Lipinski definition) is 1. The predicted octanol–water partition coefficient (Wildman–Crippen LogP) is 4.40. The van der Waals surface area contributed by atoms with Crippen LogP contribution in [0, 0.1) is 0 Å². The van der Waals surface area contributed by atoms with E-state index in [1.807, 2.05) is 0 Å². The molecule has 0 unspecified atom stereocenters. The van der Waals surface area contributed by atoms with Crippen molar-refractivity contribution in [1.29, 1.82) is 0 Å². The van der Waals surface area contributed by atoms with E-state index in [2.05, 4.69) is 61.1 Å². The first-order chi connectivity index (χ1) is 8.69. The summed E-state index contributed by atoms with van der Waals surface area (Å²) < 4.78 is 0. The Bertz CT molecular complexity index is 708. The Hall–Kier alpha value is -1.83. The van der Waals surface area contributed by atoms with Gasteiger partial charge in [0.05, 0.1) is 11.0 Å². The van der Waals surface area contributed by atoms with Crippen molar-refractivity contribution in [3.05, 3.63) is 41.7 Å². The Morgan fingerprint density at radius 3 is 2.72 bits per heavy atom. The van der Waals surface area contributed by atoms with Crippen LogP contribution in [0.3, 0.4) is 0 Å². The van der Waals surface area contributed by atoms with E-state index in [0.717, 1.165) is 23.3 Å². The molecule has 0 bridgehead atoms. The van der Waals surface area contributed by atoms with Crippen molar-refractivity contribution in [3.8, 4) is 0 Å². The van der Waals surface area contributed by atoms with Gasteiger partial charge in [0.2, 0.25) is 0 Å². The highest BCUT2D eigenvalue weighted by Crippen LogP contribution is 2.27. The molecule has 3 rings (SSSR count). The lowest BCUT2D eigenvalue weighted by Gasteiger charge is -2.07. The Morgan fingerprint density at radius 2 is 2.00 bits per heavy atom. The molecule has 0 radical (unpaired) electrons. The third-order valence-electron chi connectivity index (χ3n) is 3.54. The average molecular weight is 238 g/mol. The molecule has 1 heterocycles. The molecule has 18 heavy (non-hydrogen) atoms. The molecule has 92 valence electrons. The summed E-state index contributed by atoms with van der Waals surface area (Å²) in [6, 6.07) is 11.0. The first-order valence-electron chi connectivity index (χ1n) is 6.60. The molecule has 2 heteroatoms. The number of aryl methyl sites for hydroxylation is 1. The third kappa shape index (κ3) is 1.69. The maximum atomic E-state index is 4.68. The molecule has 0 spiro atoms. The van der Waals surface area contributed by atoms with Crippen molar-refractivity contribution in [2.24, 2.45) is 0 Å². The molecule has 0 saturated heterocycles. The van der Waals surface area contributed by atoms with Gasteiger partial charge in [-0.3, -0.25) is 0 Å². The van der Waals surface area contributed by atoms with Crippen LogP contribution in [0.1, 0.15) is 38.1 Å². The fraction of sp³-hybridized carbons (Fsp3) is 0.312. The number of fused-ring (bicyclic) bond motifs is 3. The van der Waals surface area contributed by atoms with Crippen LogP contribution in [-0.4, -0.2) is 9.97 Å². The first-order valence-corrected chi connectivity index (χ1v) is 6.60. The fourth-order valence-corrected chi connectivity index (χ4v) is 2.40. The highest BCUT2D eigenvalue weighted by molar-refractivity contribution is 6.04. The summed E-state index contributed by atoms with van der Waals surface area (Å²) in [5, 5.41) is 2.52. The molecule has 3 aromatic rings. The molecule has 1 N–H and O–H groups in total. The number of hydrogen-bond donors (Lipinski definition) is 1. The van der Waals surface area contributed by atoms with Gasteiger partial charge in [0.15, 0.2) is 0 Å². The highest BCUT2D eigenvalue weighted by Gasteiger charge is 2.07. The van der Waals surface area contributed by atoms with Crippen molar-refractivity contribution in [3.63, 3.8) is 0 Å². The maximum absolute atomic E-state index is 4.68. The lowest BCUT2D eigenvalue weighted by Crippen LogP contribution is -1.87. The van der Waals surface area contributed by atoms with E-state index in [-0.39, 0.29) is 0 Å². The minimum atomic E-state index is 0.565. The third-order valence-corrected chi connectivity index (χ3v) is 3.54. The van der Waals surface area contributed by atoms with Gasteiger partial charge in [0.1, 0.15) is 5.82 Å². The Kier molecular flexibility index (Phi) is 2.58. The lowest BCUT2D eigenvalue weighted by molar-refractivity contribution is 0.869. The van der Waals surface area contributed by atoms with Crippen LogP contribution in [0.4, 0.5) is 0 Å². The quantitative estimate of drug-likeness (QED) is 0.704. The van der Waals surface area contributed by atoms with Gasteiger partial charge in [0.25, 0.3) is 0 Å². The number of aromatic amines is 1. The maximum Gasteiger partial charge on any atom is 0.106 e. The zero-order chi connectivity index (χ0) is 12.7. The van der Waals surface area contributed by atoms with E-state index in [9.17, 15) is 0 Å². The van der Waals surface area contributed by atoms with E-state index in [1.165, 1.54) is 16.3 Å². The molecule has 0 aliphatic rings. The average Bonchev–Trinajstić information content (AvgIpc) is 2.81. The van der Waals surface area contributed by atoms with Crippen molar-refractivity contribution < 1.29 is 0 Å². The number of H-pyrrole nitrogens is 1. The highest BCUT2D eigenvalue weighted by atomic mass is 14.9. The second kappa shape index (κ2) is 4.13. The summed E-state index contributed by atoms with van der Waals surface area (Å²) in [5.74, 6) is 1.63. The van der Waals surface area contributed by atoms with E-state index in [4.69, 9.17) is 0 Å². The van der Waals surface area contributed by atoms with Crippen LogP contribution in [-0.2, 0) is 6.42 Å². The smallest absolute Gasteiger partial charge is 0.106 e. The zero-order valence-electron chi connectivity index (χ0n) is 11.1. The number of nitrogens with zero attached hydrogens (tertiary/aromatic N) is 1. The molecular formula is C16H18N2. The topological polar surface area (TPSA) is 28.7 Å². The van der Waals surface area contributed by atoms with Gasteiger partial charge in [-0.1, -0.05) is 45.0 Å². The van der Waals surface area contributed by atoms with E-state index in [1.54, 1.807) is 0 Å². The molecule has 0 saturated carbocycles. The molecule has 2 aromatic carbocycles. The molecule has 0 fully saturated rings. The largest absolute Gasteiger partial charge is 0.342 e. The number of imidazole rings is 1. The summed E-state index contributed by atoms with van der Waals surface area (Å²) in [4.78, 5) is 8.04. The van der Waals surface area contributed by atoms with E-state index < -0.39 is 0 Å². The molecule has 0 amide bonds. The van der Waals surface area contributed by atoms with Gasteiger partial charge in [-0.15, -0.1) is 0 Å². The molecule has 1 aromatic heterocycles. The van der Waals surface area contributed by atoms with Gasteiger partial charge in [-0.05, 0) is 22.9 Å². The van der Waals surface area contributed by atoms with Crippen molar-refractivity contribution >= 4 is 21.8 Å². The summed E-state index contributed by atoms with van der Waals surface area (Å²) in [6.07, 6.45) is 0.945. The van der Waals surface area contributed by atoms with Gasteiger partial charge in [-0.25, -0.2) is 4.98 Å². The molecule has 0 aliphatic carbocycles. The van der Waals surface area contributed by atoms with Crippen molar-refractivity contribution in [2.45, 2.75) is 33.1 Å². The Balaban J connectivity index is 2.30. The standard InChI is InChI=1S/C16H18N2/c1-4-15-17-14-8-6-12-9-11(10(2)3)5-7-13(12)16(14)18-15/h5-10H,4H2,1-3H3,(H,17,18). The van der Waals surface area contributed by atoms with Crippen LogP contribution in [0.15, 0.2) is 30.3 Å². The van der Waals surface area contributed by atoms with Crippen LogP contribution >= 0.6 is 0 Å². The Morgan fingerprint density at radius 1 is 1.17 bits per heavy atom. The van der Waals surface area contributed by atoms with Gasteiger partial charge in [-0.2, -0.15) is 0 Å². The second-order valence-corrected chi connectivity index (χ2v) is 5.13. The second-order valence-electron chi connectivity index (χ2n) is 5.13. The van der Waals surface area contributed by atoms with Gasteiger partial charge in [0, 0.05) is 11.8 Å².